The minimum Gasteiger partial charge on any atom is -0.508 e. The number of fused-ring (bicyclic) bond motifs is 1. The molecule has 3 rings (SSSR count). The highest BCUT2D eigenvalue weighted by atomic mass is 16.5. The average Bonchev–Trinajstić information content (AvgIpc) is 2.74. The van der Waals surface area contributed by atoms with Gasteiger partial charge in [-0.25, -0.2) is 0 Å². The van der Waals surface area contributed by atoms with Crippen LogP contribution in [0.4, 0.5) is 5.69 Å². The molecule has 1 unspecified atom stereocenters. The SMILES string of the molecule is Oc1ccc(NC2COc3cc(O)ccc32)cc1. The Bertz CT molecular complexity index is 566. The number of benzene rings is 2. The lowest BCUT2D eigenvalue weighted by molar-refractivity contribution is 0.338. The normalized spacial score (nSPS) is 17.0. The Morgan fingerprint density at radius 3 is 2.50 bits per heavy atom. The molecule has 1 heterocycles. The lowest BCUT2D eigenvalue weighted by Crippen LogP contribution is -2.11. The van der Waals surface area contributed by atoms with Gasteiger partial charge in [0.15, 0.2) is 0 Å². The standard InChI is InChI=1S/C14H13NO3/c16-10-3-1-9(2-4-10)15-13-8-18-14-7-11(17)5-6-12(13)14/h1-7,13,15-17H,8H2. The molecular weight excluding hydrogens is 230 g/mol. The fourth-order valence-electron chi connectivity index (χ4n) is 2.08. The number of phenolic OH excluding ortho intramolecular Hbond substituents is 2. The van der Waals surface area contributed by atoms with Crippen LogP contribution in [-0.4, -0.2) is 16.8 Å². The topological polar surface area (TPSA) is 61.7 Å². The highest BCUT2D eigenvalue weighted by Crippen LogP contribution is 2.36. The maximum atomic E-state index is 9.37. The zero-order valence-electron chi connectivity index (χ0n) is 9.63. The summed E-state index contributed by atoms with van der Waals surface area (Å²) in [6, 6.07) is 12.1. The molecule has 2 aromatic carbocycles. The molecule has 0 fully saturated rings. The molecule has 4 heteroatoms. The largest absolute Gasteiger partial charge is 0.508 e. The summed E-state index contributed by atoms with van der Waals surface area (Å²) in [6.07, 6.45) is 0. The Labute approximate surface area is 104 Å². The highest BCUT2D eigenvalue weighted by molar-refractivity contribution is 5.52. The van der Waals surface area contributed by atoms with Crippen LogP contribution in [0.15, 0.2) is 42.5 Å². The molecule has 3 N–H and O–H groups in total. The summed E-state index contributed by atoms with van der Waals surface area (Å²) >= 11 is 0. The van der Waals surface area contributed by atoms with Gasteiger partial charge in [-0.3, -0.25) is 0 Å². The molecule has 92 valence electrons. The maximum absolute atomic E-state index is 9.37. The molecule has 0 aromatic heterocycles. The average molecular weight is 243 g/mol. The molecule has 0 bridgehead atoms. The molecule has 0 amide bonds. The van der Waals surface area contributed by atoms with E-state index < -0.39 is 0 Å². The molecule has 2 aromatic rings. The van der Waals surface area contributed by atoms with Crippen LogP contribution in [0.5, 0.6) is 17.2 Å². The van der Waals surface area contributed by atoms with Crippen LogP contribution in [0.2, 0.25) is 0 Å². The summed E-state index contributed by atoms with van der Waals surface area (Å²) in [6.45, 7) is 0.527. The summed E-state index contributed by atoms with van der Waals surface area (Å²) in [7, 11) is 0. The van der Waals surface area contributed by atoms with Gasteiger partial charge in [-0.1, -0.05) is 0 Å². The summed E-state index contributed by atoms with van der Waals surface area (Å²) < 4.78 is 5.52. The first-order chi connectivity index (χ1) is 8.72. The van der Waals surface area contributed by atoms with Gasteiger partial charge in [-0.05, 0) is 36.4 Å². The zero-order chi connectivity index (χ0) is 12.5. The third-order valence-corrected chi connectivity index (χ3v) is 2.99. The van der Waals surface area contributed by atoms with Crippen LogP contribution in [0.3, 0.4) is 0 Å². The predicted octanol–water partition coefficient (Wildman–Crippen LogP) is 2.64. The van der Waals surface area contributed by atoms with Crippen molar-refractivity contribution in [2.24, 2.45) is 0 Å². The number of hydrogen-bond donors (Lipinski definition) is 3. The Balaban J connectivity index is 1.82. The number of nitrogens with one attached hydrogen (secondary N) is 1. The van der Waals surface area contributed by atoms with Gasteiger partial charge in [0.05, 0.1) is 6.04 Å². The van der Waals surface area contributed by atoms with E-state index in [1.165, 1.54) is 0 Å². The van der Waals surface area contributed by atoms with Crippen LogP contribution >= 0.6 is 0 Å². The van der Waals surface area contributed by atoms with E-state index in [4.69, 9.17) is 4.74 Å². The van der Waals surface area contributed by atoms with E-state index in [2.05, 4.69) is 5.32 Å². The van der Waals surface area contributed by atoms with Crippen molar-refractivity contribution in [2.45, 2.75) is 6.04 Å². The van der Waals surface area contributed by atoms with E-state index in [9.17, 15) is 10.2 Å². The first kappa shape index (κ1) is 10.8. The quantitative estimate of drug-likeness (QED) is 0.709. The molecule has 1 atom stereocenters. The Kier molecular flexibility index (Phi) is 2.48. The molecule has 0 saturated heterocycles. The van der Waals surface area contributed by atoms with Crippen molar-refractivity contribution in [1.82, 2.24) is 0 Å². The van der Waals surface area contributed by atoms with E-state index in [-0.39, 0.29) is 17.5 Å². The maximum Gasteiger partial charge on any atom is 0.128 e. The molecule has 0 spiro atoms. The van der Waals surface area contributed by atoms with E-state index in [1.54, 1.807) is 24.3 Å². The van der Waals surface area contributed by atoms with Crippen LogP contribution < -0.4 is 10.1 Å². The van der Waals surface area contributed by atoms with Gasteiger partial charge in [0.25, 0.3) is 0 Å². The number of rotatable bonds is 2. The summed E-state index contributed by atoms with van der Waals surface area (Å²) in [5, 5.41) is 21.9. The molecule has 0 aliphatic carbocycles. The molecule has 1 aliphatic rings. The van der Waals surface area contributed by atoms with Gasteiger partial charge in [-0.15, -0.1) is 0 Å². The number of ether oxygens (including phenoxy) is 1. The third-order valence-electron chi connectivity index (χ3n) is 2.99. The van der Waals surface area contributed by atoms with Crippen molar-refractivity contribution < 1.29 is 14.9 Å². The van der Waals surface area contributed by atoms with Gasteiger partial charge in [0, 0.05) is 17.3 Å². The number of hydrogen-bond acceptors (Lipinski definition) is 4. The van der Waals surface area contributed by atoms with Crippen LogP contribution in [0, 0.1) is 0 Å². The second-order valence-electron chi connectivity index (χ2n) is 4.28. The van der Waals surface area contributed by atoms with Crippen molar-refractivity contribution in [2.75, 3.05) is 11.9 Å². The second-order valence-corrected chi connectivity index (χ2v) is 4.28. The van der Waals surface area contributed by atoms with Gasteiger partial charge in [0.1, 0.15) is 23.9 Å². The molecule has 0 radical (unpaired) electrons. The second kappa shape index (κ2) is 4.14. The van der Waals surface area contributed by atoms with Crippen molar-refractivity contribution in [1.29, 1.82) is 0 Å². The monoisotopic (exact) mass is 243 g/mol. The number of phenols is 2. The van der Waals surface area contributed by atoms with E-state index in [1.807, 2.05) is 18.2 Å². The minimum atomic E-state index is 0.0603. The van der Waals surface area contributed by atoms with Gasteiger partial charge in [0.2, 0.25) is 0 Å². The first-order valence-corrected chi connectivity index (χ1v) is 5.74. The van der Waals surface area contributed by atoms with Crippen LogP contribution in [0.25, 0.3) is 0 Å². The summed E-state index contributed by atoms with van der Waals surface area (Å²) in [4.78, 5) is 0. The Morgan fingerprint density at radius 1 is 1.00 bits per heavy atom. The minimum absolute atomic E-state index is 0.0603. The molecular formula is C14H13NO3. The summed E-state index contributed by atoms with van der Waals surface area (Å²) in [5.41, 5.74) is 1.95. The fourth-order valence-corrected chi connectivity index (χ4v) is 2.08. The van der Waals surface area contributed by atoms with Crippen molar-refractivity contribution in [3.8, 4) is 17.2 Å². The predicted molar refractivity (Wildman–Crippen MR) is 68.1 cm³/mol. The molecule has 4 nitrogen and oxygen atoms in total. The first-order valence-electron chi connectivity index (χ1n) is 5.74. The lowest BCUT2D eigenvalue weighted by Gasteiger charge is -2.13. The van der Waals surface area contributed by atoms with Crippen molar-refractivity contribution >= 4 is 5.69 Å². The van der Waals surface area contributed by atoms with Crippen molar-refractivity contribution in [3.63, 3.8) is 0 Å². The number of aromatic hydroxyl groups is 2. The van der Waals surface area contributed by atoms with Crippen LogP contribution in [-0.2, 0) is 0 Å². The van der Waals surface area contributed by atoms with Gasteiger partial charge in [-0.2, -0.15) is 0 Å². The van der Waals surface area contributed by atoms with E-state index >= 15 is 0 Å². The molecule has 1 aliphatic heterocycles. The highest BCUT2D eigenvalue weighted by Gasteiger charge is 2.24. The van der Waals surface area contributed by atoms with E-state index in [0.29, 0.717) is 12.4 Å². The number of anilines is 1. The van der Waals surface area contributed by atoms with Crippen LogP contribution in [0.1, 0.15) is 11.6 Å². The zero-order valence-corrected chi connectivity index (χ0v) is 9.63. The Hall–Kier alpha value is -2.36. The van der Waals surface area contributed by atoms with Crippen molar-refractivity contribution in [3.05, 3.63) is 48.0 Å². The molecule has 0 saturated carbocycles. The lowest BCUT2D eigenvalue weighted by atomic mass is 10.1. The molecule has 18 heavy (non-hydrogen) atoms. The van der Waals surface area contributed by atoms with E-state index in [0.717, 1.165) is 11.3 Å². The fraction of sp³-hybridized carbons (Fsp3) is 0.143. The Morgan fingerprint density at radius 2 is 1.72 bits per heavy atom. The van der Waals surface area contributed by atoms with Gasteiger partial charge < -0.3 is 20.3 Å². The van der Waals surface area contributed by atoms with Gasteiger partial charge >= 0.3 is 0 Å². The smallest absolute Gasteiger partial charge is 0.128 e. The third kappa shape index (κ3) is 1.93. The summed E-state index contributed by atoms with van der Waals surface area (Å²) in [5.74, 6) is 1.17.